The molecule has 0 spiro atoms. The third kappa shape index (κ3) is 1.68. The van der Waals surface area contributed by atoms with Crippen molar-refractivity contribution in [1.29, 1.82) is 0 Å². The highest BCUT2D eigenvalue weighted by Gasteiger charge is 2.58. The quantitative estimate of drug-likeness (QED) is 0.548. The minimum absolute atomic E-state index is 0.0268. The van der Waals surface area contributed by atoms with Gasteiger partial charge in [-0.05, 0) is 62.0 Å². The van der Waals surface area contributed by atoms with Gasteiger partial charge in [-0.1, -0.05) is 25.5 Å². The van der Waals surface area contributed by atoms with Crippen LogP contribution in [0.25, 0.3) is 0 Å². The van der Waals surface area contributed by atoms with Gasteiger partial charge >= 0.3 is 0 Å². The van der Waals surface area contributed by atoms with Crippen LogP contribution in [0.3, 0.4) is 0 Å². The maximum absolute atomic E-state index is 12.4. The van der Waals surface area contributed by atoms with Gasteiger partial charge in [0.25, 0.3) is 0 Å². The van der Waals surface area contributed by atoms with Crippen LogP contribution in [-0.2, 0) is 4.79 Å². The summed E-state index contributed by atoms with van der Waals surface area (Å²) >= 11 is 0. The Labute approximate surface area is 132 Å². The van der Waals surface area contributed by atoms with Gasteiger partial charge in [0.1, 0.15) is 5.78 Å². The molecule has 0 aromatic carbocycles. The SMILES string of the molecule is C[C@]12C=C/C(=N\N)C=C1CC[C@@H]1[C@@H]2CC[C@]2(C)C(=O)CC[C@@H]12. The molecule has 4 aliphatic rings. The normalized spacial score (nSPS) is 48.6. The largest absolute Gasteiger partial charge is 0.323 e. The van der Waals surface area contributed by atoms with E-state index < -0.39 is 0 Å². The van der Waals surface area contributed by atoms with Crippen molar-refractivity contribution in [3.05, 3.63) is 23.8 Å². The Morgan fingerprint density at radius 3 is 2.77 bits per heavy atom. The highest BCUT2D eigenvalue weighted by molar-refractivity contribution is 6.05. The van der Waals surface area contributed by atoms with E-state index in [1.165, 1.54) is 18.4 Å². The molecule has 0 amide bonds. The number of hydrazone groups is 1. The highest BCUT2D eigenvalue weighted by Crippen LogP contribution is 2.63. The third-order valence-electron chi connectivity index (χ3n) is 7.43. The molecule has 22 heavy (non-hydrogen) atoms. The zero-order chi connectivity index (χ0) is 15.5. The number of ketones is 1. The van der Waals surface area contributed by atoms with Gasteiger partial charge in [0.05, 0.1) is 5.71 Å². The van der Waals surface area contributed by atoms with Crippen LogP contribution in [0.15, 0.2) is 28.9 Å². The number of hydrogen-bond donors (Lipinski definition) is 1. The van der Waals surface area contributed by atoms with Gasteiger partial charge in [-0.15, -0.1) is 0 Å². The molecule has 3 fully saturated rings. The van der Waals surface area contributed by atoms with Crippen LogP contribution in [-0.4, -0.2) is 11.5 Å². The summed E-state index contributed by atoms with van der Waals surface area (Å²) in [6.45, 7) is 4.63. The van der Waals surface area contributed by atoms with Crippen molar-refractivity contribution in [2.75, 3.05) is 0 Å². The minimum Gasteiger partial charge on any atom is -0.323 e. The fourth-order valence-electron chi connectivity index (χ4n) is 6.06. The van der Waals surface area contributed by atoms with Crippen LogP contribution in [0, 0.1) is 28.6 Å². The summed E-state index contributed by atoms with van der Waals surface area (Å²) in [5, 5.41) is 3.86. The first-order chi connectivity index (χ1) is 10.5. The van der Waals surface area contributed by atoms with Gasteiger partial charge in [0.2, 0.25) is 0 Å². The standard InChI is InChI=1S/C19H26N2O/c1-18-9-7-13(21-20)11-12(18)3-4-14-15-5-6-17(22)19(15,2)10-8-16(14)18/h7,9,11,14-16H,3-6,8,10,20H2,1-2H3/b21-13+/t14-,15-,16-,18-,19-/m0/s1. The predicted octanol–water partition coefficient (Wildman–Crippen LogP) is 3.61. The van der Waals surface area contributed by atoms with Crippen LogP contribution >= 0.6 is 0 Å². The van der Waals surface area contributed by atoms with E-state index in [1.807, 2.05) is 0 Å². The molecule has 3 nitrogen and oxygen atoms in total. The van der Waals surface area contributed by atoms with Gasteiger partial charge in [-0.2, -0.15) is 5.10 Å². The second-order valence-corrected chi connectivity index (χ2v) is 8.17. The lowest BCUT2D eigenvalue weighted by Gasteiger charge is -2.55. The maximum Gasteiger partial charge on any atom is 0.139 e. The molecule has 0 unspecified atom stereocenters. The van der Waals surface area contributed by atoms with Crippen molar-refractivity contribution in [1.82, 2.24) is 0 Å². The van der Waals surface area contributed by atoms with Gasteiger partial charge in [-0.25, -0.2) is 0 Å². The molecule has 4 rings (SSSR count). The molecule has 2 N–H and O–H groups in total. The van der Waals surface area contributed by atoms with Gasteiger partial charge in [-0.3, -0.25) is 4.79 Å². The van der Waals surface area contributed by atoms with E-state index in [0.717, 1.165) is 31.4 Å². The number of allylic oxidation sites excluding steroid dienone is 4. The Kier molecular flexibility index (Phi) is 2.95. The lowest BCUT2D eigenvalue weighted by atomic mass is 9.48. The summed E-state index contributed by atoms with van der Waals surface area (Å²) in [7, 11) is 0. The average Bonchev–Trinajstić information content (AvgIpc) is 2.82. The maximum atomic E-state index is 12.4. The van der Waals surface area contributed by atoms with E-state index in [4.69, 9.17) is 5.84 Å². The van der Waals surface area contributed by atoms with Crippen LogP contribution in [0.2, 0.25) is 0 Å². The zero-order valence-corrected chi connectivity index (χ0v) is 13.6. The molecule has 0 aromatic heterocycles. The smallest absolute Gasteiger partial charge is 0.139 e. The van der Waals surface area contributed by atoms with Crippen LogP contribution in [0.1, 0.15) is 52.4 Å². The number of nitrogens with two attached hydrogens (primary N) is 1. The van der Waals surface area contributed by atoms with Crippen molar-refractivity contribution >= 4 is 11.5 Å². The molecule has 4 aliphatic carbocycles. The Balaban J connectivity index is 1.71. The lowest BCUT2D eigenvalue weighted by molar-refractivity contribution is -0.131. The topological polar surface area (TPSA) is 55.4 Å². The summed E-state index contributed by atoms with van der Waals surface area (Å²) in [5.41, 5.74) is 2.50. The molecule has 3 heteroatoms. The molecule has 0 radical (unpaired) electrons. The van der Waals surface area contributed by atoms with Gasteiger partial charge < -0.3 is 5.84 Å². The van der Waals surface area contributed by atoms with Crippen molar-refractivity contribution in [3.63, 3.8) is 0 Å². The van der Waals surface area contributed by atoms with Crippen molar-refractivity contribution in [3.8, 4) is 0 Å². The molecule has 5 atom stereocenters. The van der Waals surface area contributed by atoms with E-state index in [-0.39, 0.29) is 10.8 Å². The Morgan fingerprint density at radius 2 is 2.00 bits per heavy atom. The summed E-state index contributed by atoms with van der Waals surface area (Å²) < 4.78 is 0. The first kappa shape index (κ1) is 14.2. The summed E-state index contributed by atoms with van der Waals surface area (Å²) in [5.74, 6) is 7.97. The number of rotatable bonds is 0. The zero-order valence-electron chi connectivity index (χ0n) is 13.6. The first-order valence-electron chi connectivity index (χ1n) is 8.70. The number of fused-ring (bicyclic) bond motifs is 5. The predicted molar refractivity (Wildman–Crippen MR) is 88.2 cm³/mol. The van der Waals surface area contributed by atoms with E-state index >= 15 is 0 Å². The van der Waals surface area contributed by atoms with Crippen LogP contribution < -0.4 is 5.84 Å². The van der Waals surface area contributed by atoms with Gasteiger partial charge in [0.15, 0.2) is 0 Å². The first-order valence-corrected chi connectivity index (χ1v) is 8.70. The molecule has 0 heterocycles. The lowest BCUT2D eigenvalue weighted by Crippen LogP contribution is -2.49. The fourth-order valence-corrected chi connectivity index (χ4v) is 6.06. The van der Waals surface area contributed by atoms with Crippen molar-refractivity contribution < 1.29 is 4.79 Å². The number of carbonyl (C=O) groups excluding carboxylic acids is 1. The van der Waals surface area contributed by atoms with Crippen molar-refractivity contribution in [2.45, 2.75) is 52.4 Å². The Hall–Kier alpha value is -1.38. The second-order valence-electron chi connectivity index (χ2n) is 8.17. The number of Topliss-reactive ketones (excluding diaryl/α,β-unsaturated/α-hetero) is 1. The number of hydrogen-bond acceptors (Lipinski definition) is 3. The summed E-state index contributed by atoms with van der Waals surface area (Å²) in [4.78, 5) is 12.4. The highest BCUT2D eigenvalue weighted by atomic mass is 16.1. The molecular formula is C19H26N2O. The Bertz CT molecular complexity index is 617. The summed E-state index contributed by atoms with van der Waals surface area (Å²) in [6.07, 6.45) is 13.2. The minimum atomic E-state index is -0.0268. The molecule has 0 aliphatic heterocycles. The molecule has 118 valence electrons. The van der Waals surface area contributed by atoms with E-state index in [1.54, 1.807) is 0 Å². The number of nitrogens with zero attached hydrogens (tertiary/aromatic N) is 1. The average molecular weight is 298 g/mol. The number of carbonyl (C=O) groups is 1. The molecule has 0 aromatic rings. The molecule has 3 saturated carbocycles. The molecule has 0 bridgehead atoms. The molecular weight excluding hydrogens is 272 g/mol. The van der Waals surface area contributed by atoms with Crippen molar-refractivity contribution in [2.24, 2.45) is 39.5 Å². The third-order valence-corrected chi connectivity index (χ3v) is 7.43. The fraction of sp³-hybridized carbons (Fsp3) is 0.684. The van der Waals surface area contributed by atoms with Crippen LogP contribution in [0.5, 0.6) is 0 Å². The molecule has 0 saturated heterocycles. The summed E-state index contributed by atoms with van der Waals surface area (Å²) in [6, 6.07) is 0. The monoisotopic (exact) mass is 298 g/mol. The second kappa shape index (κ2) is 4.56. The van der Waals surface area contributed by atoms with E-state index in [9.17, 15) is 4.79 Å². The van der Waals surface area contributed by atoms with Gasteiger partial charge in [0, 0.05) is 17.3 Å². The Morgan fingerprint density at radius 1 is 1.18 bits per heavy atom. The van der Waals surface area contributed by atoms with Crippen LogP contribution in [0.4, 0.5) is 0 Å². The van der Waals surface area contributed by atoms with E-state index in [2.05, 4.69) is 37.2 Å². The van der Waals surface area contributed by atoms with E-state index in [0.29, 0.717) is 23.5 Å².